The van der Waals surface area contributed by atoms with Crippen molar-refractivity contribution in [3.8, 4) is 67.1 Å². The van der Waals surface area contributed by atoms with E-state index in [0.717, 1.165) is 75.1 Å². The third kappa shape index (κ3) is 11.0. The van der Waals surface area contributed by atoms with Gasteiger partial charge in [-0.1, -0.05) is 219 Å². The fourth-order valence-electron chi connectivity index (χ4n) is 13.9. The zero-order valence-electron chi connectivity index (χ0n) is 51.9. The standard InChI is InChI=1S/C86H74N2OS/c1-7-62-29-33-66(34-30-62)69-41-49-83-79(57-69)80-58-70(42-50-84(80)88(83)72-25-16-11-17-26-72)67-39-45-74(46-40-67)87(73-43-37-65(38-44-73)64-21-12-9-13-22-64)75-47-48-77-76-27-18-19-28-81(76)86(82(77)59-75,71-23-14-10-15-24-71)51-20-53-90(5,6)54-52-89-85-56-60(3)78(55-61(85)4)68-35-31-63(8-2)32-36-68/h7-19,21-50,55-59H,1-2,20,51-54H2,3-6H3. The van der Waals surface area contributed by atoms with Crippen molar-refractivity contribution >= 4 is 61.0 Å². The van der Waals surface area contributed by atoms with Gasteiger partial charge in [-0.05, 0) is 224 Å². The number of nitrogens with zero attached hydrogens (tertiary/aromatic N) is 2. The third-order valence-corrected chi connectivity index (χ3v) is 21.4. The van der Waals surface area contributed by atoms with E-state index in [1.165, 1.54) is 94.1 Å². The smallest absolute Gasteiger partial charge is 0.122 e. The molecule has 0 aliphatic heterocycles. The predicted octanol–water partition coefficient (Wildman–Crippen LogP) is 23.1. The summed E-state index contributed by atoms with van der Waals surface area (Å²) in [6.07, 6.45) is 10.8. The Kier molecular flexibility index (Phi) is 15.6. The number of para-hydroxylation sites is 1. The third-order valence-electron chi connectivity index (χ3n) is 18.7. The second-order valence-electron chi connectivity index (χ2n) is 24.7. The zero-order valence-corrected chi connectivity index (χ0v) is 52.7. The molecule has 4 heteroatoms. The predicted molar refractivity (Wildman–Crippen MR) is 389 cm³/mol. The SMILES string of the molecule is C=Cc1ccc(-c2ccc3c(c2)c2cc(-c4ccc(N(c5ccc(-c6ccccc6)cc5)c5ccc6c(c5)C(CCCS(C)(C)CCOc5cc(C)c(-c7ccc(C=C)cc7)cc5C)(c5ccccc5)c5ccccc5-6)cc4)ccc2n3-c2ccccc2)cc1. The number of hydrogen-bond acceptors (Lipinski definition) is 2. The molecule has 13 aromatic rings. The van der Waals surface area contributed by atoms with Gasteiger partial charge in [-0.2, -0.15) is 0 Å². The van der Waals surface area contributed by atoms with Crippen LogP contribution in [0, 0.1) is 13.8 Å². The van der Waals surface area contributed by atoms with Crippen molar-refractivity contribution < 1.29 is 4.74 Å². The summed E-state index contributed by atoms with van der Waals surface area (Å²) in [4.78, 5) is 2.46. The molecule has 1 aliphatic rings. The van der Waals surface area contributed by atoms with Gasteiger partial charge in [0.05, 0.1) is 17.6 Å². The lowest BCUT2D eigenvalue weighted by Crippen LogP contribution is -2.28. The first kappa shape index (κ1) is 57.6. The lowest BCUT2D eigenvalue weighted by Gasteiger charge is -2.37. The minimum Gasteiger partial charge on any atom is -0.493 e. The van der Waals surface area contributed by atoms with Crippen LogP contribution in [0.1, 0.15) is 51.8 Å². The van der Waals surface area contributed by atoms with Crippen molar-refractivity contribution in [3.05, 3.63) is 331 Å². The van der Waals surface area contributed by atoms with E-state index in [9.17, 15) is 0 Å². The minimum absolute atomic E-state index is 0.372. The van der Waals surface area contributed by atoms with Gasteiger partial charge in [0.2, 0.25) is 0 Å². The van der Waals surface area contributed by atoms with Gasteiger partial charge >= 0.3 is 0 Å². The maximum Gasteiger partial charge on any atom is 0.122 e. The molecule has 0 fully saturated rings. The van der Waals surface area contributed by atoms with Crippen LogP contribution in [0.15, 0.2) is 292 Å². The van der Waals surface area contributed by atoms with E-state index < -0.39 is 10.0 Å². The molecular weight excluding hydrogens is 1110 g/mol. The van der Waals surface area contributed by atoms with Gasteiger partial charge in [0, 0.05) is 44.7 Å². The van der Waals surface area contributed by atoms with Crippen molar-refractivity contribution in [1.82, 2.24) is 4.57 Å². The number of fused-ring (bicyclic) bond motifs is 6. The lowest BCUT2D eigenvalue weighted by molar-refractivity contribution is 0.340. The molecule has 0 amide bonds. The highest BCUT2D eigenvalue weighted by atomic mass is 32.3. The van der Waals surface area contributed by atoms with Crippen LogP contribution in [-0.4, -0.2) is 35.2 Å². The van der Waals surface area contributed by atoms with Crippen molar-refractivity contribution in [1.29, 1.82) is 0 Å². The van der Waals surface area contributed by atoms with Crippen LogP contribution in [0.5, 0.6) is 5.75 Å². The summed E-state index contributed by atoms with van der Waals surface area (Å²) in [5, 5.41) is 2.44. The summed E-state index contributed by atoms with van der Waals surface area (Å²) in [6.45, 7) is 13.0. The highest BCUT2D eigenvalue weighted by Crippen LogP contribution is 2.57. The van der Waals surface area contributed by atoms with E-state index in [1.807, 2.05) is 12.2 Å². The Balaban J connectivity index is 0.804. The highest BCUT2D eigenvalue weighted by Gasteiger charge is 2.44. The Hall–Kier alpha value is -10.1. The molecule has 1 unspecified atom stereocenters. The second kappa shape index (κ2) is 24.4. The molecule has 0 spiro atoms. The first-order valence-corrected chi connectivity index (χ1v) is 34.2. The number of benzene rings is 12. The largest absolute Gasteiger partial charge is 0.493 e. The van der Waals surface area contributed by atoms with E-state index in [-0.39, 0.29) is 5.41 Å². The molecule has 1 aromatic heterocycles. The average Bonchev–Trinajstić information content (AvgIpc) is 1.58. The Labute approximate surface area is 532 Å². The van der Waals surface area contributed by atoms with Crippen molar-refractivity contribution in [2.45, 2.75) is 32.1 Å². The van der Waals surface area contributed by atoms with Gasteiger partial charge in [-0.15, -0.1) is 0 Å². The molecule has 90 heavy (non-hydrogen) atoms. The molecule has 0 saturated carbocycles. The number of anilines is 3. The quantitative estimate of drug-likeness (QED) is 0.0803. The normalized spacial score (nSPS) is 13.6. The fourth-order valence-corrected chi connectivity index (χ4v) is 15.6. The van der Waals surface area contributed by atoms with Gasteiger partial charge in [-0.25, -0.2) is 10.0 Å². The maximum atomic E-state index is 6.68. The van der Waals surface area contributed by atoms with Gasteiger partial charge in [0.1, 0.15) is 5.75 Å². The van der Waals surface area contributed by atoms with Gasteiger partial charge in [0.15, 0.2) is 0 Å². The molecule has 0 N–H and O–H groups in total. The van der Waals surface area contributed by atoms with E-state index in [1.54, 1.807) is 0 Å². The van der Waals surface area contributed by atoms with Crippen LogP contribution >= 0.6 is 10.0 Å². The Morgan fingerprint density at radius 1 is 0.422 bits per heavy atom. The van der Waals surface area contributed by atoms with Crippen molar-refractivity contribution in [2.24, 2.45) is 0 Å². The molecule has 12 aromatic carbocycles. The summed E-state index contributed by atoms with van der Waals surface area (Å²) in [7, 11) is -1.02. The van der Waals surface area contributed by atoms with Crippen LogP contribution in [0.25, 0.3) is 95.3 Å². The van der Waals surface area contributed by atoms with Gasteiger partial charge < -0.3 is 14.2 Å². The maximum absolute atomic E-state index is 6.68. The number of ether oxygens (including phenoxy) is 1. The van der Waals surface area contributed by atoms with Crippen molar-refractivity contribution in [2.75, 3.05) is 35.5 Å². The molecule has 1 atom stereocenters. The molecular formula is C86H74N2OS. The fraction of sp³-hybridized carbons (Fsp3) is 0.116. The number of rotatable bonds is 19. The molecule has 0 radical (unpaired) electrons. The van der Waals surface area contributed by atoms with Crippen LogP contribution in [0.4, 0.5) is 17.1 Å². The summed E-state index contributed by atoms with van der Waals surface area (Å²) in [5.74, 6) is 3.15. The number of aryl methyl sites for hydroxylation is 2. The summed E-state index contributed by atoms with van der Waals surface area (Å²) >= 11 is 0. The monoisotopic (exact) mass is 1180 g/mol. The van der Waals surface area contributed by atoms with E-state index in [2.05, 4.69) is 328 Å². The zero-order chi connectivity index (χ0) is 61.3. The van der Waals surface area contributed by atoms with Crippen LogP contribution < -0.4 is 9.64 Å². The number of aromatic nitrogens is 1. The molecule has 3 nitrogen and oxygen atoms in total. The molecule has 0 bridgehead atoms. The average molecular weight is 1180 g/mol. The Morgan fingerprint density at radius 2 is 0.911 bits per heavy atom. The van der Waals surface area contributed by atoms with E-state index >= 15 is 0 Å². The molecule has 1 heterocycles. The van der Waals surface area contributed by atoms with Crippen molar-refractivity contribution in [3.63, 3.8) is 0 Å². The number of hydrogen-bond donors (Lipinski definition) is 0. The molecule has 0 saturated heterocycles. The van der Waals surface area contributed by atoms with Crippen LogP contribution in [-0.2, 0) is 5.41 Å². The molecule has 440 valence electrons. The molecule has 14 rings (SSSR count). The minimum atomic E-state index is -1.02. The Bertz CT molecular complexity index is 4760. The second-order valence-corrected chi connectivity index (χ2v) is 29.0. The highest BCUT2D eigenvalue weighted by molar-refractivity contribution is 8.32. The van der Waals surface area contributed by atoms with Crippen LogP contribution in [0.3, 0.4) is 0 Å². The van der Waals surface area contributed by atoms with Gasteiger partial charge in [0.25, 0.3) is 0 Å². The molecule has 1 aliphatic carbocycles. The lowest BCUT2D eigenvalue weighted by atomic mass is 9.69. The summed E-state index contributed by atoms with van der Waals surface area (Å²) < 4.78 is 9.08. The first-order valence-electron chi connectivity index (χ1n) is 31.4. The van der Waals surface area contributed by atoms with Gasteiger partial charge in [-0.3, -0.25) is 0 Å². The Morgan fingerprint density at radius 3 is 1.51 bits per heavy atom. The van der Waals surface area contributed by atoms with Crippen LogP contribution in [0.2, 0.25) is 0 Å². The van der Waals surface area contributed by atoms with E-state index in [0.29, 0.717) is 6.61 Å². The summed E-state index contributed by atoms with van der Waals surface area (Å²) in [6, 6.07) is 103. The first-order chi connectivity index (χ1) is 44.1. The van der Waals surface area contributed by atoms with E-state index in [4.69, 9.17) is 4.74 Å². The topological polar surface area (TPSA) is 17.4 Å². The summed E-state index contributed by atoms with van der Waals surface area (Å²) in [5.41, 5.74) is 27.3.